The number of amides is 1. The maximum Gasteiger partial charge on any atom is 0.412 e. The van der Waals surface area contributed by atoms with Gasteiger partial charge >= 0.3 is 12.1 Å². The van der Waals surface area contributed by atoms with Crippen molar-refractivity contribution in [1.29, 1.82) is 0 Å². The molecule has 2 atom stereocenters. The minimum absolute atomic E-state index is 0.148. The van der Waals surface area contributed by atoms with Crippen molar-refractivity contribution in [3.05, 3.63) is 12.8 Å². The molecule has 0 aliphatic rings. The van der Waals surface area contributed by atoms with Gasteiger partial charge in [0.25, 0.3) is 0 Å². The summed E-state index contributed by atoms with van der Waals surface area (Å²) in [5.74, 6) is -1.22. The molecular weight excluding hydrogens is 186 g/mol. The van der Waals surface area contributed by atoms with Gasteiger partial charge in [0, 0.05) is 0 Å². The number of aliphatic carboxylic acids is 1. The molecule has 0 radical (unpaired) electrons. The molecule has 0 aliphatic carbocycles. The van der Waals surface area contributed by atoms with Crippen LogP contribution in [0, 0.1) is 5.92 Å². The van der Waals surface area contributed by atoms with Crippen LogP contribution in [0.5, 0.6) is 0 Å². The van der Waals surface area contributed by atoms with Gasteiger partial charge in [0.2, 0.25) is 0 Å². The van der Waals surface area contributed by atoms with Crippen molar-refractivity contribution in [2.45, 2.75) is 26.3 Å². The van der Waals surface area contributed by atoms with Crippen LogP contribution in [0.2, 0.25) is 0 Å². The van der Waals surface area contributed by atoms with Gasteiger partial charge in [-0.1, -0.05) is 26.8 Å². The Labute approximate surface area is 82.7 Å². The molecule has 5 nitrogen and oxygen atoms in total. The van der Waals surface area contributed by atoms with E-state index in [1.807, 2.05) is 6.92 Å². The summed E-state index contributed by atoms with van der Waals surface area (Å²) in [6, 6.07) is -0.924. The molecule has 0 saturated carbocycles. The zero-order valence-electron chi connectivity index (χ0n) is 8.32. The number of carbonyl (C=O) groups is 2. The van der Waals surface area contributed by atoms with E-state index in [9.17, 15) is 9.59 Å². The highest BCUT2D eigenvalue weighted by Crippen LogP contribution is 2.07. The molecule has 0 fully saturated rings. The Morgan fingerprint density at radius 3 is 2.57 bits per heavy atom. The van der Waals surface area contributed by atoms with Crippen molar-refractivity contribution in [3.8, 4) is 0 Å². The number of rotatable bonds is 5. The predicted octanol–water partition coefficient (Wildman–Crippen LogP) is 1.36. The first-order valence-corrected chi connectivity index (χ1v) is 4.33. The van der Waals surface area contributed by atoms with Crippen molar-refractivity contribution >= 4 is 12.1 Å². The highest BCUT2D eigenvalue weighted by atomic mass is 16.5. The van der Waals surface area contributed by atoms with Gasteiger partial charge in [0.15, 0.2) is 0 Å². The van der Waals surface area contributed by atoms with Crippen LogP contribution in [0.4, 0.5) is 4.79 Å². The smallest absolute Gasteiger partial charge is 0.412 e. The highest BCUT2D eigenvalue weighted by molar-refractivity contribution is 5.80. The fraction of sp³-hybridized carbons (Fsp3) is 0.556. The lowest BCUT2D eigenvalue weighted by Crippen LogP contribution is -2.44. The van der Waals surface area contributed by atoms with Crippen molar-refractivity contribution in [3.63, 3.8) is 0 Å². The molecular formula is C9H15NO4. The third-order valence-corrected chi connectivity index (χ3v) is 1.94. The van der Waals surface area contributed by atoms with Crippen molar-refractivity contribution in [2.75, 3.05) is 0 Å². The lowest BCUT2D eigenvalue weighted by atomic mass is 10.00. The van der Waals surface area contributed by atoms with Crippen LogP contribution in [0.3, 0.4) is 0 Å². The van der Waals surface area contributed by atoms with Gasteiger partial charge in [-0.15, -0.1) is 0 Å². The van der Waals surface area contributed by atoms with Crippen LogP contribution in [-0.2, 0) is 9.53 Å². The summed E-state index contributed by atoms with van der Waals surface area (Å²) in [6.45, 7) is 6.78. The third-order valence-electron chi connectivity index (χ3n) is 1.94. The standard InChI is InChI=1S/C9H15NO4/c1-4-6(3)7(8(11)12)10-9(13)14-5-2/h5-7H,2,4H2,1,3H3,(H,10,13)(H,11,12)/t6-,7-/m1/s1. The molecule has 2 N–H and O–H groups in total. The summed E-state index contributed by atoms with van der Waals surface area (Å²) in [7, 11) is 0. The Balaban J connectivity index is 4.29. The Morgan fingerprint density at radius 1 is 1.64 bits per heavy atom. The summed E-state index contributed by atoms with van der Waals surface area (Å²) in [6.07, 6.45) is 0.809. The largest absolute Gasteiger partial charge is 0.480 e. The maximum absolute atomic E-state index is 10.9. The summed E-state index contributed by atoms with van der Waals surface area (Å²) in [5.41, 5.74) is 0. The second kappa shape index (κ2) is 6.01. The number of carbonyl (C=O) groups excluding carboxylic acids is 1. The fourth-order valence-corrected chi connectivity index (χ4v) is 0.920. The lowest BCUT2D eigenvalue weighted by Gasteiger charge is -2.18. The van der Waals surface area contributed by atoms with Crippen LogP contribution in [0.1, 0.15) is 20.3 Å². The van der Waals surface area contributed by atoms with Crippen molar-refractivity contribution < 1.29 is 19.4 Å². The molecule has 1 amide bonds. The Morgan fingerprint density at radius 2 is 2.21 bits per heavy atom. The van der Waals surface area contributed by atoms with Gasteiger partial charge < -0.3 is 15.2 Å². The molecule has 0 aliphatic heterocycles. The number of carboxylic acid groups (broad SMARTS) is 1. The molecule has 0 rings (SSSR count). The van der Waals surface area contributed by atoms with Crippen LogP contribution < -0.4 is 5.32 Å². The Bertz CT molecular complexity index is 227. The number of hydrogen-bond donors (Lipinski definition) is 2. The molecule has 0 heterocycles. The minimum Gasteiger partial charge on any atom is -0.480 e. The van der Waals surface area contributed by atoms with E-state index >= 15 is 0 Å². The quantitative estimate of drug-likeness (QED) is 0.658. The monoisotopic (exact) mass is 201 g/mol. The van der Waals surface area contributed by atoms with Gasteiger partial charge in [-0.3, -0.25) is 0 Å². The van der Waals surface area contributed by atoms with E-state index in [1.165, 1.54) is 0 Å². The first-order chi connectivity index (χ1) is 6.52. The number of nitrogens with one attached hydrogen (secondary N) is 1. The average molecular weight is 201 g/mol. The zero-order chi connectivity index (χ0) is 11.1. The van der Waals surface area contributed by atoms with E-state index in [-0.39, 0.29) is 5.92 Å². The first kappa shape index (κ1) is 12.5. The second-order valence-electron chi connectivity index (χ2n) is 2.92. The molecule has 80 valence electrons. The van der Waals surface area contributed by atoms with Crippen molar-refractivity contribution in [2.24, 2.45) is 5.92 Å². The number of alkyl carbamates (subject to hydrolysis) is 1. The number of hydrogen-bond acceptors (Lipinski definition) is 3. The predicted molar refractivity (Wildman–Crippen MR) is 50.7 cm³/mol. The zero-order valence-corrected chi connectivity index (χ0v) is 8.32. The minimum atomic E-state index is -1.07. The van der Waals surface area contributed by atoms with E-state index in [0.717, 1.165) is 6.26 Å². The van der Waals surface area contributed by atoms with E-state index in [4.69, 9.17) is 5.11 Å². The van der Waals surface area contributed by atoms with Crippen molar-refractivity contribution in [1.82, 2.24) is 5.32 Å². The molecule has 0 aromatic carbocycles. The van der Waals surface area contributed by atoms with Gasteiger partial charge in [-0.2, -0.15) is 0 Å². The summed E-state index contributed by atoms with van der Waals surface area (Å²) in [4.78, 5) is 21.7. The van der Waals surface area contributed by atoms with E-state index in [2.05, 4.69) is 16.6 Å². The first-order valence-electron chi connectivity index (χ1n) is 4.33. The maximum atomic E-state index is 10.9. The van der Waals surface area contributed by atoms with Gasteiger partial charge in [0.05, 0.1) is 6.26 Å². The average Bonchev–Trinajstić information content (AvgIpc) is 2.13. The molecule has 5 heteroatoms. The van der Waals surface area contributed by atoms with Crippen LogP contribution in [0.25, 0.3) is 0 Å². The molecule has 0 unspecified atom stereocenters. The van der Waals surface area contributed by atoms with E-state index in [1.54, 1.807) is 6.92 Å². The Kier molecular flexibility index (Phi) is 5.36. The van der Waals surface area contributed by atoms with Gasteiger partial charge in [-0.25, -0.2) is 9.59 Å². The topological polar surface area (TPSA) is 75.6 Å². The van der Waals surface area contributed by atoms with E-state index < -0.39 is 18.1 Å². The summed E-state index contributed by atoms with van der Waals surface area (Å²) < 4.78 is 4.37. The third kappa shape index (κ3) is 3.93. The van der Waals surface area contributed by atoms with Gasteiger partial charge in [-0.05, 0) is 5.92 Å². The number of carboxylic acids is 1. The Hall–Kier alpha value is -1.52. The molecule has 0 aromatic heterocycles. The summed E-state index contributed by atoms with van der Waals surface area (Å²) >= 11 is 0. The molecule has 0 bridgehead atoms. The normalized spacial score (nSPS) is 13.9. The van der Waals surface area contributed by atoms with Crippen LogP contribution in [0.15, 0.2) is 12.8 Å². The van der Waals surface area contributed by atoms with E-state index in [0.29, 0.717) is 6.42 Å². The fourth-order valence-electron chi connectivity index (χ4n) is 0.920. The SMILES string of the molecule is C=COC(=O)N[C@@H](C(=O)O)[C@H](C)CC. The number of ether oxygens (including phenoxy) is 1. The second-order valence-corrected chi connectivity index (χ2v) is 2.92. The molecule has 14 heavy (non-hydrogen) atoms. The highest BCUT2D eigenvalue weighted by Gasteiger charge is 2.25. The molecule has 0 aromatic rings. The van der Waals surface area contributed by atoms with Gasteiger partial charge in [0.1, 0.15) is 6.04 Å². The lowest BCUT2D eigenvalue weighted by molar-refractivity contribution is -0.140. The van der Waals surface area contributed by atoms with Crippen LogP contribution in [-0.4, -0.2) is 23.2 Å². The summed E-state index contributed by atoms with van der Waals surface area (Å²) in [5, 5.41) is 11.0. The van der Waals surface area contributed by atoms with Crippen LogP contribution >= 0.6 is 0 Å². The molecule has 0 saturated heterocycles. The molecule has 0 spiro atoms.